The fourth-order valence-electron chi connectivity index (χ4n) is 1.62. The van der Waals surface area contributed by atoms with Crippen molar-refractivity contribution in [3.63, 3.8) is 0 Å². The van der Waals surface area contributed by atoms with E-state index in [-0.39, 0.29) is 10.7 Å². The summed E-state index contributed by atoms with van der Waals surface area (Å²) in [6.45, 7) is 3.11. The molecule has 0 fully saturated rings. The summed E-state index contributed by atoms with van der Waals surface area (Å²) in [6.07, 6.45) is 0. The summed E-state index contributed by atoms with van der Waals surface area (Å²) in [5, 5.41) is 4.04. The molecule has 0 unspecified atom stereocenters. The van der Waals surface area contributed by atoms with Crippen molar-refractivity contribution >= 4 is 43.2 Å². The van der Waals surface area contributed by atoms with Gasteiger partial charge in [-0.1, -0.05) is 16.8 Å². The second kappa shape index (κ2) is 5.15. The highest BCUT2D eigenvalue weighted by molar-refractivity contribution is 9.10. The molecule has 0 saturated heterocycles. The number of anilines is 1. The largest absolute Gasteiger partial charge is 0.360 e. The van der Waals surface area contributed by atoms with Crippen LogP contribution in [0.5, 0.6) is 0 Å². The minimum absolute atomic E-state index is 0.0477. The molecular formula is C11H10BrClN2O3S. The smallest absolute Gasteiger partial charge is 0.267 e. The Morgan fingerprint density at radius 1 is 1.37 bits per heavy atom. The third-order valence-electron chi connectivity index (χ3n) is 2.41. The Morgan fingerprint density at radius 2 is 2.05 bits per heavy atom. The highest BCUT2D eigenvalue weighted by Gasteiger charge is 2.24. The Labute approximate surface area is 124 Å². The van der Waals surface area contributed by atoms with Crippen LogP contribution in [0.1, 0.15) is 11.5 Å². The molecule has 1 N–H and O–H groups in total. The zero-order valence-electron chi connectivity index (χ0n) is 10.1. The summed E-state index contributed by atoms with van der Waals surface area (Å²) in [7, 11) is -3.74. The second-order valence-corrected chi connectivity index (χ2v) is 6.77. The fraction of sp³-hybridized carbons (Fsp3) is 0.182. The number of halogens is 2. The van der Waals surface area contributed by atoms with Crippen molar-refractivity contribution in [2.45, 2.75) is 18.7 Å². The predicted molar refractivity (Wildman–Crippen MR) is 75.9 cm³/mol. The molecule has 0 bridgehead atoms. The summed E-state index contributed by atoms with van der Waals surface area (Å²) in [5.74, 6) is 0.244. The Morgan fingerprint density at radius 3 is 2.58 bits per heavy atom. The number of sulfonamides is 1. The lowest BCUT2D eigenvalue weighted by Gasteiger charge is -2.08. The number of benzene rings is 1. The van der Waals surface area contributed by atoms with Gasteiger partial charge in [-0.05, 0) is 48.0 Å². The van der Waals surface area contributed by atoms with Crippen molar-refractivity contribution < 1.29 is 12.9 Å². The maximum Gasteiger partial charge on any atom is 0.267 e. The molecule has 8 heteroatoms. The Hall–Kier alpha value is -1.05. The lowest BCUT2D eigenvalue weighted by molar-refractivity contribution is 0.390. The van der Waals surface area contributed by atoms with Gasteiger partial charge in [0.05, 0.1) is 10.7 Å². The topological polar surface area (TPSA) is 72.2 Å². The Kier molecular flexibility index (Phi) is 3.89. The molecule has 1 aromatic carbocycles. The van der Waals surface area contributed by atoms with Gasteiger partial charge in [0.2, 0.25) is 0 Å². The third-order valence-corrected chi connectivity index (χ3v) is 5.27. The SMILES string of the molecule is Cc1noc(C)c1S(=O)(=O)Nc1ccc(Br)c(Cl)c1. The Bertz CT molecular complexity index is 708. The van der Waals surface area contributed by atoms with Gasteiger partial charge in [0.1, 0.15) is 5.69 Å². The first-order valence-electron chi connectivity index (χ1n) is 5.22. The van der Waals surface area contributed by atoms with Crippen LogP contribution in [-0.4, -0.2) is 13.6 Å². The van der Waals surface area contributed by atoms with Gasteiger partial charge in [-0.25, -0.2) is 8.42 Å². The van der Waals surface area contributed by atoms with Crippen molar-refractivity contribution in [2.24, 2.45) is 0 Å². The van der Waals surface area contributed by atoms with Crippen LogP contribution in [0.3, 0.4) is 0 Å². The summed E-state index contributed by atoms with van der Waals surface area (Å²) in [6, 6.07) is 4.78. The van der Waals surface area contributed by atoms with Crippen LogP contribution in [0.25, 0.3) is 0 Å². The molecule has 1 aromatic heterocycles. The molecule has 2 rings (SSSR count). The maximum absolute atomic E-state index is 12.2. The molecule has 0 saturated carbocycles. The van der Waals surface area contributed by atoms with Crippen LogP contribution >= 0.6 is 27.5 Å². The molecule has 0 amide bonds. The van der Waals surface area contributed by atoms with Gasteiger partial charge >= 0.3 is 0 Å². The number of aromatic nitrogens is 1. The van der Waals surface area contributed by atoms with E-state index in [1.807, 2.05) is 0 Å². The van der Waals surface area contributed by atoms with E-state index in [0.717, 1.165) is 0 Å². The zero-order chi connectivity index (χ0) is 14.2. The van der Waals surface area contributed by atoms with E-state index >= 15 is 0 Å². The lowest BCUT2D eigenvalue weighted by Crippen LogP contribution is -2.14. The number of hydrogen-bond donors (Lipinski definition) is 1. The molecule has 102 valence electrons. The standard InChI is InChI=1S/C11H10BrClN2O3S/c1-6-11(7(2)18-14-6)19(16,17)15-8-3-4-9(12)10(13)5-8/h3-5,15H,1-2H3. The first-order chi connectivity index (χ1) is 8.81. The van der Waals surface area contributed by atoms with Crippen LogP contribution < -0.4 is 4.72 Å². The molecule has 0 spiro atoms. The average molecular weight is 366 g/mol. The van der Waals surface area contributed by atoms with Gasteiger partial charge < -0.3 is 4.52 Å². The van der Waals surface area contributed by atoms with Crippen LogP contribution in [0.15, 0.2) is 32.1 Å². The monoisotopic (exact) mass is 364 g/mol. The molecule has 0 aliphatic rings. The van der Waals surface area contributed by atoms with Crippen molar-refractivity contribution in [2.75, 3.05) is 4.72 Å². The molecule has 0 radical (unpaired) electrons. The molecule has 0 aliphatic carbocycles. The van der Waals surface area contributed by atoms with E-state index in [2.05, 4.69) is 25.8 Å². The number of aryl methyl sites for hydroxylation is 2. The molecule has 0 atom stereocenters. The minimum atomic E-state index is -3.74. The number of hydrogen-bond acceptors (Lipinski definition) is 4. The molecule has 2 aromatic rings. The maximum atomic E-state index is 12.2. The van der Waals surface area contributed by atoms with Crippen LogP contribution in [0, 0.1) is 13.8 Å². The van der Waals surface area contributed by atoms with Crippen molar-refractivity contribution in [3.05, 3.63) is 39.1 Å². The molecule has 19 heavy (non-hydrogen) atoms. The van der Waals surface area contributed by atoms with E-state index in [0.29, 0.717) is 20.9 Å². The van der Waals surface area contributed by atoms with E-state index in [1.165, 1.54) is 6.07 Å². The van der Waals surface area contributed by atoms with Crippen LogP contribution in [-0.2, 0) is 10.0 Å². The summed E-state index contributed by atoms with van der Waals surface area (Å²) in [5.41, 5.74) is 0.682. The molecule has 5 nitrogen and oxygen atoms in total. The normalized spacial score (nSPS) is 11.6. The van der Waals surface area contributed by atoms with Crippen molar-refractivity contribution in [1.82, 2.24) is 5.16 Å². The fourth-order valence-corrected chi connectivity index (χ4v) is 3.43. The second-order valence-electron chi connectivity index (χ2n) is 3.89. The van der Waals surface area contributed by atoms with Gasteiger partial charge in [-0.3, -0.25) is 4.72 Å². The number of nitrogens with one attached hydrogen (secondary N) is 1. The highest BCUT2D eigenvalue weighted by Crippen LogP contribution is 2.28. The van der Waals surface area contributed by atoms with Gasteiger partial charge in [0.15, 0.2) is 10.7 Å². The Balaban J connectivity index is 2.39. The van der Waals surface area contributed by atoms with E-state index < -0.39 is 10.0 Å². The van der Waals surface area contributed by atoms with Crippen LogP contribution in [0.2, 0.25) is 5.02 Å². The summed E-state index contributed by atoms with van der Waals surface area (Å²) >= 11 is 9.15. The molecule has 1 heterocycles. The first kappa shape index (κ1) is 14.4. The highest BCUT2D eigenvalue weighted by atomic mass is 79.9. The van der Waals surface area contributed by atoms with E-state index in [4.69, 9.17) is 16.1 Å². The minimum Gasteiger partial charge on any atom is -0.360 e. The van der Waals surface area contributed by atoms with Gasteiger partial charge in [0, 0.05) is 4.47 Å². The van der Waals surface area contributed by atoms with E-state index in [9.17, 15) is 8.42 Å². The summed E-state index contributed by atoms with van der Waals surface area (Å²) < 4.78 is 32.5. The number of nitrogens with zero attached hydrogens (tertiary/aromatic N) is 1. The third kappa shape index (κ3) is 2.93. The van der Waals surface area contributed by atoms with Gasteiger partial charge in [-0.15, -0.1) is 0 Å². The van der Waals surface area contributed by atoms with Crippen LogP contribution in [0.4, 0.5) is 5.69 Å². The molecular weight excluding hydrogens is 356 g/mol. The average Bonchev–Trinajstić information content (AvgIpc) is 2.64. The van der Waals surface area contributed by atoms with Gasteiger partial charge in [-0.2, -0.15) is 0 Å². The quantitative estimate of drug-likeness (QED) is 0.903. The first-order valence-corrected chi connectivity index (χ1v) is 7.87. The van der Waals surface area contributed by atoms with E-state index in [1.54, 1.807) is 26.0 Å². The number of rotatable bonds is 3. The zero-order valence-corrected chi connectivity index (χ0v) is 13.2. The van der Waals surface area contributed by atoms with Gasteiger partial charge in [0.25, 0.3) is 10.0 Å². The van der Waals surface area contributed by atoms with Crippen molar-refractivity contribution in [3.8, 4) is 0 Å². The molecule has 0 aliphatic heterocycles. The van der Waals surface area contributed by atoms with Crippen molar-refractivity contribution in [1.29, 1.82) is 0 Å². The predicted octanol–water partition coefficient (Wildman–Crippen LogP) is 3.51. The summed E-state index contributed by atoms with van der Waals surface area (Å²) in [4.78, 5) is 0.0477. The lowest BCUT2D eigenvalue weighted by atomic mass is 10.3.